The van der Waals surface area contributed by atoms with E-state index in [1.807, 2.05) is 51.1 Å². The first-order valence-corrected chi connectivity index (χ1v) is 7.90. The molecule has 0 aliphatic rings. The fraction of sp³-hybridized carbons (Fsp3) is 0.312. The highest BCUT2D eigenvalue weighted by Gasteiger charge is 2.16. The molecule has 0 saturated carbocycles. The van der Waals surface area contributed by atoms with Crippen LogP contribution in [0, 0.1) is 0 Å². The second-order valence-corrected chi connectivity index (χ2v) is 6.63. The summed E-state index contributed by atoms with van der Waals surface area (Å²) in [5, 5.41) is 3.60. The number of ether oxygens (including phenoxy) is 1. The molecule has 0 spiro atoms. The van der Waals surface area contributed by atoms with Crippen molar-refractivity contribution in [1.29, 1.82) is 0 Å². The first kappa shape index (κ1) is 16.3. The van der Waals surface area contributed by atoms with E-state index < -0.39 is 11.7 Å². The molecule has 0 aromatic carbocycles. The number of carbonyl (C=O) groups is 1. The average molecular weight is 317 g/mol. The summed E-state index contributed by atoms with van der Waals surface area (Å²) >= 11 is 1.63. The number of hydrogen-bond acceptors (Lipinski definition) is 5. The molecule has 0 radical (unpaired) electrons. The second kappa shape index (κ2) is 7.26. The predicted octanol–water partition coefficient (Wildman–Crippen LogP) is 4.12. The second-order valence-electron chi connectivity index (χ2n) is 5.63. The summed E-state index contributed by atoms with van der Waals surface area (Å²) in [6.45, 7) is 5.46. The Morgan fingerprint density at radius 2 is 2.05 bits per heavy atom. The number of nitrogens with one attached hydrogen (secondary N) is 1. The summed E-state index contributed by atoms with van der Waals surface area (Å²) < 4.78 is 5.21. The van der Waals surface area contributed by atoms with Crippen LogP contribution in [0.5, 0.6) is 0 Å². The van der Waals surface area contributed by atoms with Crippen LogP contribution in [0.1, 0.15) is 26.3 Å². The number of nitrogens with zero attached hydrogens (tertiary/aromatic N) is 2. The molecule has 0 saturated heterocycles. The Bertz CT molecular complexity index is 627. The molecule has 2 aromatic heterocycles. The molecule has 0 fully saturated rings. The third-order valence-electron chi connectivity index (χ3n) is 2.48. The lowest BCUT2D eigenvalue weighted by Crippen LogP contribution is -2.27. The molecular formula is C16H19N3O2S. The number of pyridine rings is 2. The van der Waals surface area contributed by atoms with Crippen molar-refractivity contribution in [3.63, 3.8) is 0 Å². The van der Waals surface area contributed by atoms with Gasteiger partial charge in [0, 0.05) is 18.1 Å². The Labute approximate surface area is 134 Å². The molecule has 2 heterocycles. The Kier molecular flexibility index (Phi) is 5.38. The highest BCUT2D eigenvalue weighted by molar-refractivity contribution is 7.98. The summed E-state index contributed by atoms with van der Waals surface area (Å²) in [4.78, 5) is 20.1. The highest BCUT2D eigenvalue weighted by atomic mass is 32.2. The van der Waals surface area contributed by atoms with Crippen LogP contribution in [-0.2, 0) is 10.5 Å². The first-order valence-electron chi connectivity index (χ1n) is 6.91. The summed E-state index contributed by atoms with van der Waals surface area (Å²) in [5.74, 6) is 1.23. The van der Waals surface area contributed by atoms with E-state index in [1.165, 1.54) is 0 Å². The fourth-order valence-electron chi connectivity index (χ4n) is 1.63. The highest BCUT2D eigenvalue weighted by Crippen LogP contribution is 2.21. The number of rotatable bonds is 4. The zero-order valence-electron chi connectivity index (χ0n) is 12.9. The van der Waals surface area contributed by atoms with Crippen molar-refractivity contribution in [3.8, 4) is 0 Å². The third kappa shape index (κ3) is 5.73. The average Bonchev–Trinajstić information content (AvgIpc) is 2.44. The fourth-order valence-corrected chi connectivity index (χ4v) is 2.43. The third-order valence-corrected chi connectivity index (χ3v) is 3.49. The summed E-state index contributed by atoms with van der Waals surface area (Å²) in [6.07, 6.45) is 2.93. The van der Waals surface area contributed by atoms with Gasteiger partial charge in [0.15, 0.2) is 0 Å². The number of aromatic nitrogens is 2. The van der Waals surface area contributed by atoms with Gasteiger partial charge < -0.3 is 4.74 Å². The van der Waals surface area contributed by atoms with Crippen molar-refractivity contribution >= 4 is 23.7 Å². The number of carbonyl (C=O) groups excluding carboxylic acids is 1. The van der Waals surface area contributed by atoms with E-state index in [4.69, 9.17) is 4.74 Å². The zero-order chi connectivity index (χ0) is 16.0. The van der Waals surface area contributed by atoms with Crippen LogP contribution in [0.2, 0.25) is 0 Å². The van der Waals surface area contributed by atoms with Crippen molar-refractivity contribution < 1.29 is 9.53 Å². The SMILES string of the molecule is CC(C)(C)OC(=O)Nc1cc(CSc2ccccn2)ccn1. The molecule has 0 unspecified atom stereocenters. The van der Waals surface area contributed by atoms with Crippen molar-refractivity contribution in [2.75, 3.05) is 5.32 Å². The Morgan fingerprint density at radius 1 is 1.23 bits per heavy atom. The maximum atomic E-state index is 11.7. The van der Waals surface area contributed by atoms with Gasteiger partial charge in [0.05, 0.1) is 5.03 Å². The summed E-state index contributed by atoms with van der Waals surface area (Å²) in [7, 11) is 0. The molecule has 0 bridgehead atoms. The molecule has 1 amide bonds. The van der Waals surface area contributed by atoms with Gasteiger partial charge in [-0.1, -0.05) is 6.07 Å². The van der Waals surface area contributed by atoms with Crippen LogP contribution >= 0.6 is 11.8 Å². The van der Waals surface area contributed by atoms with Crippen molar-refractivity contribution in [3.05, 3.63) is 48.3 Å². The molecule has 5 nitrogen and oxygen atoms in total. The summed E-state index contributed by atoms with van der Waals surface area (Å²) in [6, 6.07) is 9.55. The molecular weight excluding hydrogens is 298 g/mol. The first-order chi connectivity index (χ1) is 10.4. The minimum Gasteiger partial charge on any atom is -0.444 e. The van der Waals surface area contributed by atoms with Gasteiger partial charge in [-0.3, -0.25) is 5.32 Å². The van der Waals surface area contributed by atoms with Gasteiger partial charge >= 0.3 is 6.09 Å². The Balaban J connectivity index is 1.94. The molecule has 116 valence electrons. The van der Waals surface area contributed by atoms with Gasteiger partial charge in [0.25, 0.3) is 0 Å². The molecule has 6 heteroatoms. The van der Waals surface area contributed by atoms with Gasteiger partial charge in [0.1, 0.15) is 11.4 Å². The monoisotopic (exact) mass is 317 g/mol. The molecule has 0 aliphatic heterocycles. The van der Waals surface area contributed by atoms with E-state index in [0.717, 1.165) is 16.3 Å². The van der Waals surface area contributed by atoms with Gasteiger partial charge in [-0.25, -0.2) is 14.8 Å². The van der Waals surface area contributed by atoms with E-state index in [-0.39, 0.29) is 0 Å². The van der Waals surface area contributed by atoms with Crippen molar-refractivity contribution in [1.82, 2.24) is 9.97 Å². The minimum absolute atomic E-state index is 0.480. The Morgan fingerprint density at radius 3 is 2.73 bits per heavy atom. The molecule has 22 heavy (non-hydrogen) atoms. The number of hydrogen-bond donors (Lipinski definition) is 1. The number of thioether (sulfide) groups is 1. The van der Waals surface area contributed by atoms with Crippen LogP contribution < -0.4 is 5.32 Å². The molecule has 1 N–H and O–H groups in total. The number of amides is 1. The standard InChI is InChI=1S/C16H19N3O2S/c1-16(2,3)21-15(20)19-13-10-12(7-9-17-13)11-22-14-6-4-5-8-18-14/h4-10H,11H2,1-3H3,(H,17,19,20). The molecule has 0 atom stereocenters. The van der Waals surface area contributed by atoms with Crippen molar-refractivity contribution in [2.45, 2.75) is 37.2 Å². The number of anilines is 1. The van der Waals surface area contributed by atoms with Crippen molar-refractivity contribution in [2.24, 2.45) is 0 Å². The summed E-state index contributed by atoms with van der Waals surface area (Å²) in [5.41, 5.74) is 0.521. The molecule has 2 aromatic rings. The van der Waals surface area contributed by atoms with E-state index in [0.29, 0.717) is 5.82 Å². The van der Waals surface area contributed by atoms with Gasteiger partial charge in [-0.2, -0.15) is 0 Å². The minimum atomic E-state index is -0.531. The van der Waals surface area contributed by atoms with Crippen LogP contribution in [0.3, 0.4) is 0 Å². The van der Waals surface area contributed by atoms with Crippen LogP contribution in [-0.4, -0.2) is 21.7 Å². The van der Waals surface area contributed by atoms with E-state index >= 15 is 0 Å². The lowest BCUT2D eigenvalue weighted by atomic mass is 10.2. The van der Waals surface area contributed by atoms with E-state index in [9.17, 15) is 4.79 Å². The van der Waals surface area contributed by atoms with Crippen LogP contribution in [0.4, 0.5) is 10.6 Å². The maximum absolute atomic E-state index is 11.7. The largest absolute Gasteiger partial charge is 0.444 e. The van der Waals surface area contributed by atoms with Gasteiger partial charge in [0.2, 0.25) is 0 Å². The van der Waals surface area contributed by atoms with E-state index in [1.54, 1.807) is 24.2 Å². The molecule has 2 rings (SSSR count). The van der Waals surface area contributed by atoms with Crippen LogP contribution in [0.25, 0.3) is 0 Å². The molecule has 0 aliphatic carbocycles. The normalized spacial score (nSPS) is 11.0. The Hall–Kier alpha value is -2.08. The van der Waals surface area contributed by atoms with Gasteiger partial charge in [-0.15, -0.1) is 11.8 Å². The van der Waals surface area contributed by atoms with Gasteiger partial charge in [-0.05, 0) is 50.6 Å². The lowest BCUT2D eigenvalue weighted by molar-refractivity contribution is 0.0635. The topological polar surface area (TPSA) is 64.1 Å². The predicted molar refractivity (Wildman–Crippen MR) is 87.9 cm³/mol. The quantitative estimate of drug-likeness (QED) is 0.860. The lowest BCUT2D eigenvalue weighted by Gasteiger charge is -2.19. The smallest absolute Gasteiger partial charge is 0.413 e. The van der Waals surface area contributed by atoms with E-state index in [2.05, 4.69) is 15.3 Å². The van der Waals surface area contributed by atoms with Crippen LogP contribution in [0.15, 0.2) is 47.8 Å². The zero-order valence-corrected chi connectivity index (χ0v) is 13.7. The maximum Gasteiger partial charge on any atom is 0.413 e.